The summed E-state index contributed by atoms with van der Waals surface area (Å²) < 4.78 is 16.7. The SMILES string of the molecule is COc1ccccc1Oc1cc(-c2ccc(C(=O)NC[C@H]3CCCO3)cc2)ncn1. The first-order valence-corrected chi connectivity index (χ1v) is 9.86. The van der Waals surface area contributed by atoms with E-state index in [-0.39, 0.29) is 12.0 Å². The average Bonchev–Trinajstić information content (AvgIpc) is 3.32. The summed E-state index contributed by atoms with van der Waals surface area (Å²) in [6, 6.07) is 16.4. The third-order valence-corrected chi connectivity index (χ3v) is 4.88. The quantitative estimate of drug-likeness (QED) is 0.643. The number of carbonyl (C=O) groups is 1. The maximum Gasteiger partial charge on any atom is 0.251 e. The van der Waals surface area contributed by atoms with Crippen molar-refractivity contribution >= 4 is 5.91 Å². The number of ether oxygens (including phenoxy) is 3. The molecule has 7 heteroatoms. The fourth-order valence-corrected chi connectivity index (χ4v) is 3.28. The van der Waals surface area contributed by atoms with E-state index in [0.29, 0.717) is 35.2 Å². The zero-order valence-corrected chi connectivity index (χ0v) is 16.7. The van der Waals surface area contributed by atoms with Crippen LogP contribution in [-0.4, -0.2) is 42.2 Å². The number of hydrogen-bond acceptors (Lipinski definition) is 6. The molecule has 1 N–H and O–H groups in total. The highest BCUT2D eigenvalue weighted by atomic mass is 16.5. The molecule has 0 saturated carbocycles. The molecule has 0 bridgehead atoms. The zero-order chi connectivity index (χ0) is 20.8. The van der Waals surface area contributed by atoms with E-state index in [4.69, 9.17) is 14.2 Å². The van der Waals surface area contributed by atoms with Crippen LogP contribution < -0.4 is 14.8 Å². The molecule has 1 amide bonds. The van der Waals surface area contributed by atoms with E-state index in [9.17, 15) is 4.79 Å². The molecule has 1 saturated heterocycles. The number of nitrogens with one attached hydrogen (secondary N) is 1. The summed E-state index contributed by atoms with van der Waals surface area (Å²) in [5, 5.41) is 2.93. The van der Waals surface area contributed by atoms with Crippen molar-refractivity contribution in [3.63, 3.8) is 0 Å². The summed E-state index contributed by atoms with van der Waals surface area (Å²) in [6.45, 7) is 1.31. The van der Waals surface area contributed by atoms with Crippen molar-refractivity contribution in [3.8, 4) is 28.6 Å². The van der Waals surface area contributed by atoms with Gasteiger partial charge in [-0.1, -0.05) is 24.3 Å². The second-order valence-electron chi connectivity index (χ2n) is 6.92. The lowest BCUT2D eigenvalue weighted by Crippen LogP contribution is -2.31. The predicted octanol–water partition coefficient (Wildman–Crippen LogP) is 3.85. The van der Waals surface area contributed by atoms with Crippen LogP contribution in [0.5, 0.6) is 17.4 Å². The number of methoxy groups -OCH3 is 1. The Kier molecular flexibility index (Phi) is 6.20. The molecule has 0 radical (unpaired) electrons. The average molecular weight is 405 g/mol. The van der Waals surface area contributed by atoms with E-state index >= 15 is 0 Å². The van der Waals surface area contributed by atoms with Crippen molar-refractivity contribution in [1.82, 2.24) is 15.3 Å². The van der Waals surface area contributed by atoms with E-state index in [2.05, 4.69) is 15.3 Å². The van der Waals surface area contributed by atoms with Crippen molar-refractivity contribution in [2.75, 3.05) is 20.3 Å². The third-order valence-electron chi connectivity index (χ3n) is 4.88. The Labute approximate surface area is 175 Å². The minimum Gasteiger partial charge on any atom is -0.493 e. The first-order valence-electron chi connectivity index (χ1n) is 9.86. The number of para-hydroxylation sites is 2. The summed E-state index contributed by atoms with van der Waals surface area (Å²) in [6.07, 6.45) is 3.61. The molecule has 1 aliphatic heterocycles. The van der Waals surface area contributed by atoms with Gasteiger partial charge >= 0.3 is 0 Å². The summed E-state index contributed by atoms with van der Waals surface area (Å²) in [5.41, 5.74) is 2.15. The Morgan fingerprint density at radius 2 is 1.93 bits per heavy atom. The third kappa shape index (κ3) is 4.75. The normalized spacial score (nSPS) is 15.6. The fraction of sp³-hybridized carbons (Fsp3) is 0.261. The van der Waals surface area contributed by atoms with Crippen LogP contribution in [0.4, 0.5) is 0 Å². The summed E-state index contributed by atoms with van der Waals surface area (Å²) in [5.74, 6) is 1.49. The van der Waals surface area contributed by atoms with Gasteiger partial charge in [0.15, 0.2) is 11.5 Å². The van der Waals surface area contributed by atoms with Crippen molar-refractivity contribution in [2.45, 2.75) is 18.9 Å². The van der Waals surface area contributed by atoms with Gasteiger partial charge in [0.2, 0.25) is 5.88 Å². The molecule has 3 aromatic rings. The molecule has 7 nitrogen and oxygen atoms in total. The van der Waals surface area contributed by atoms with Gasteiger partial charge in [0.25, 0.3) is 5.91 Å². The van der Waals surface area contributed by atoms with Crippen molar-refractivity contribution in [1.29, 1.82) is 0 Å². The van der Waals surface area contributed by atoms with Crippen LogP contribution in [-0.2, 0) is 4.74 Å². The van der Waals surface area contributed by atoms with Gasteiger partial charge in [0, 0.05) is 30.3 Å². The Hall–Kier alpha value is -3.45. The molecule has 30 heavy (non-hydrogen) atoms. The number of carbonyl (C=O) groups excluding carboxylic acids is 1. The van der Waals surface area contributed by atoms with Crippen molar-refractivity contribution < 1.29 is 19.0 Å². The second kappa shape index (κ2) is 9.37. The molecule has 1 aromatic heterocycles. The Morgan fingerprint density at radius 1 is 1.13 bits per heavy atom. The topological polar surface area (TPSA) is 82.6 Å². The molecule has 0 unspecified atom stereocenters. The van der Waals surface area contributed by atoms with Gasteiger partial charge in [-0.2, -0.15) is 0 Å². The molecule has 2 heterocycles. The van der Waals surface area contributed by atoms with E-state index in [1.54, 1.807) is 25.3 Å². The summed E-state index contributed by atoms with van der Waals surface area (Å²) in [7, 11) is 1.59. The highest BCUT2D eigenvalue weighted by Crippen LogP contribution is 2.31. The highest BCUT2D eigenvalue weighted by molar-refractivity contribution is 5.94. The van der Waals surface area contributed by atoms with Crippen LogP contribution >= 0.6 is 0 Å². The number of rotatable bonds is 7. The number of amides is 1. The van der Waals surface area contributed by atoms with Gasteiger partial charge in [0.05, 0.1) is 18.9 Å². The molecule has 0 spiro atoms. The van der Waals surface area contributed by atoms with Crippen molar-refractivity contribution in [2.24, 2.45) is 0 Å². The molecule has 1 aliphatic rings. The van der Waals surface area contributed by atoms with Crippen LogP contribution in [0, 0.1) is 0 Å². The molecule has 2 aromatic carbocycles. The molecule has 1 atom stereocenters. The molecule has 1 fully saturated rings. The zero-order valence-electron chi connectivity index (χ0n) is 16.7. The lowest BCUT2D eigenvalue weighted by molar-refractivity contribution is 0.0858. The smallest absolute Gasteiger partial charge is 0.251 e. The first-order chi connectivity index (χ1) is 14.7. The summed E-state index contributed by atoms with van der Waals surface area (Å²) in [4.78, 5) is 20.8. The fourth-order valence-electron chi connectivity index (χ4n) is 3.28. The van der Waals surface area contributed by atoms with E-state index in [1.807, 2.05) is 36.4 Å². The molecule has 154 valence electrons. The van der Waals surface area contributed by atoms with Gasteiger partial charge in [-0.3, -0.25) is 4.79 Å². The molecular weight excluding hydrogens is 382 g/mol. The van der Waals surface area contributed by atoms with Gasteiger partial charge in [-0.25, -0.2) is 9.97 Å². The van der Waals surface area contributed by atoms with Crippen LogP contribution in [0.15, 0.2) is 60.9 Å². The molecule has 4 rings (SSSR count). The number of aromatic nitrogens is 2. The number of benzene rings is 2. The summed E-state index contributed by atoms with van der Waals surface area (Å²) >= 11 is 0. The minimum absolute atomic E-state index is 0.111. The largest absolute Gasteiger partial charge is 0.493 e. The number of hydrogen-bond donors (Lipinski definition) is 1. The lowest BCUT2D eigenvalue weighted by Gasteiger charge is -2.11. The molecule has 0 aliphatic carbocycles. The first kappa shape index (κ1) is 19.8. The Balaban J connectivity index is 1.43. The van der Waals surface area contributed by atoms with E-state index in [0.717, 1.165) is 25.0 Å². The van der Waals surface area contributed by atoms with Crippen LogP contribution in [0.25, 0.3) is 11.3 Å². The minimum atomic E-state index is -0.111. The van der Waals surface area contributed by atoms with E-state index < -0.39 is 0 Å². The maximum atomic E-state index is 12.3. The van der Waals surface area contributed by atoms with Gasteiger partial charge in [0.1, 0.15) is 6.33 Å². The van der Waals surface area contributed by atoms with Gasteiger partial charge in [-0.05, 0) is 37.1 Å². The Bertz CT molecular complexity index is 1000. The maximum absolute atomic E-state index is 12.3. The van der Waals surface area contributed by atoms with Crippen LogP contribution in [0.3, 0.4) is 0 Å². The van der Waals surface area contributed by atoms with Crippen molar-refractivity contribution in [3.05, 3.63) is 66.5 Å². The lowest BCUT2D eigenvalue weighted by atomic mass is 10.1. The monoisotopic (exact) mass is 405 g/mol. The number of nitrogens with zero attached hydrogens (tertiary/aromatic N) is 2. The molecular formula is C23H23N3O4. The van der Waals surface area contributed by atoms with Gasteiger partial charge in [-0.15, -0.1) is 0 Å². The predicted molar refractivity (Wildman–Crippen MR) is 112 cm³/mol. The van der Waals surface area contributed by atoms with Crippen LogP contribution in [0.2, 0.25) is 0 Å². The Morgan fingerprint density at radius 3 is 2.67 bits per heavy atom. The van der Waals surface area contributed by atoms with Gasteiger partial charge < -0.3 is 19.5 Å². The second-order valence-corrected chi connectivity index (χ2v) is 6.92. The standard InChI is InChI=1S/C23H23N3O4/c1-28-20-6-2-3-7-21(20)30-22-13-19(25-15-26-22)16-8-10-17(11-9-16)23(27)24-14-18-5-4-12-29-18/h2-3,6-11,13,15,18H,4-5,12,14H2,1H3,(H,24,27)/t18-/m1/s1. The van der Waals surface area contributed by atoms with E-state index in [1.165, 1.54) is 6.33 Å². The highest BCUT2D eigenvalue weighted by Gasteiger charge is 2.16. The van der Waals surface area contributed by atoms with Crippen LogP contribution in [0.1, 0.15) is 23.2 Å².